The zero-order valence-electron chi connectivity index (χ0n) is 8.16. The Kier molecular flexibility index (Phi) is 6.71. The minimum atomic E-state index is -1.46. The minimum Gasteiger partial charge on any atom is -0.863 e. The molecule has 2 N–H and O–H groups in total. The Hall–Kier alpha value is -2.08. The van der Waals surface area contributed by atoms with Gasteiger partial charge in [-0.2, -0.15) is 0 Å². The molecular weight excluding hydrogens is 350 g/mol. The van der Waals surface area contributed by atoms with Crippen molar-refractivity contribution in [3.05, 3.63) is 42.5 Å². The Bertz CT molecular complexity index is 469. The summed E-state index contributed by atoms with van der Waals surface area (Å²) in [5.41, 5.74) is -3.26. The van der Waals surface area contributed by atoms with Gasteiger partial charge in [0.15, 0.2) is 0 Å². The molecule has 0 unspecified atom stereocenters. The molecule has 0 saturated heterocycles. The van der Waals surface area contributed by atoms with Crippen molar-refractivity contribution in [2.45, 2.75) is 0 Å². The van der Waals surface area contributed by atoms with Crippen LogP contribution in [0.2, 0.25) is 0 Å². The van der Waals surface area contributed by atoms with Crippen LogP contribution in [0, 0.1) is 30.3 Å². The van der Waals surface area contributed by atoms with E-state index in [2.05, 4.69) is 0 Å². The molecule has 1 aromatic rings. The van der Waals surface area contributed by atoms with Crippen molar-refractivity contribution in [1.82, 2.24) is 0 Å². The molecule has 0 radical (unpaired) electrons. The van der Waals surface area contributed by atoms with Crippen LogP contribution in [-0.2, 0) is 22.4 Å². The number of nitro groups is 3. The Labute approximate surface area is 113 Å². The maximum absolute atomic E-state index is 11.1. The summed E-state index contributed by atoms with van der Waals surface area (Å²) in [4.78, 5) is 27.5. The second-order valence-corrected chi connectivity index (χ2v) is 2.58. The largest absolute Gasteiger partial charge is 1.00 e. The Morgan fingerprint density at radius 3 is 1.39 bits per heavy atom. The molecule has 0 atom stereocenters. The SMILES string of the molecule is O.O=[N+]([O-])c1cc([N+](=O)[O-])c([O-])c([N+](=O)[O-])c1.[Ag+]. The molecule has 0 saturated carbocycles. The second kappa shape index (κ2) is 6.61. The summed E-state index contributed by atoms with van der Waals surface area (Å²) < 4.78 is 0. The van der Waals surface area contributed by atoms with Gasteiger partial charge in [0.25, 0.3) is 17.1 Å². The number of hydrogen-bond donors (Lipinski definition) is 0. The fraction of sp³-hybridized carbons (Fsp3) is 0. The topological polar surface area (TPSA) is 184 Å². The first kappa shape index (κ1) is 18.3. The Balaban J connectivity index is 0. The monoisotopic (exact) mass is 353 g/mol. The van der Waals surface area contributed by atoms with Gasteiger partial charge >= 0.3 is 22.4 Å². The molecule has 102 valence electrons. The molecule has 0 spiro atoms. The van der Waals surface area contributed by atoms with Gasteiger partial charge < -0.3 is 10.6 Å². The van der Waals surface area contributed by atoms with Gasteiger partial charge in [-0.05, 0) is 0 Å². The van der Waals surface area contributed by atoms with Crippen LogP contribution in [0.1, 0.15) is 0 Å². The molecule has 0 heterocycles. The smallest absolute Gasteiger partial charge is 0.863 e. The number of nitrogens with zero attached hydrogens (tertiary/aromatic N) is 3. The summed E-state index contributed by atoms with van der Waals surface area (Å²) in [6.45, 7) is 0. The molecular formula is C6H4AgN3O8. The Morgan fingerprint density at radius 2 is 1.17 bits per heavy atom. The normalized spacial score (nSPS) is 8.67. The average Bonchev–Trinajstić information content (AvgIpc) is 2.16. The fourth-order valence-corrected chi connectivity index (χ4v) is 0.961. The van der Waals surface area contributed by atoms with Crippen LogP contribution in [-0.4, -0.2) is 20.2 Å². The van der Waals surface area contributed by atoms with Gasteiger partial charge in [-0.3, -0.25) is 30.3 Å². The third kappa shape index (κ3) is 3.46. The van der Waals surface area contributed by atoms with Crippen LogP contribution in [0.4, 0.5) is 17.1 Å². The van der Waals surface area contributed by atoms with Crippen molar-refractivity contribution in [1.29, 1.82) is 0 Å². The summed E-state index contributed by atoms with van der Waals surface area (Å²) in [6.07, 6.45) is 0. The first-order valence-corrected chi connectivity index (χ1v) is 3.63. The van der Waals surface area contributed by atoms with E-state index in [1.54, 1.807) is 0 Å². The van der Waals surface area contributed by atoms with E-state index >= 15 is 0 Å². The molecule has 12 heteroatoms. The van der Waals surface area contributed by atoms with E-state index in [1.807, 2.05) is 0 Å². The molecule has 0 fully saturated rings. The maximum Gasteiger partial charge on any atom is 1.00 e. The van der Waals surface area contributed by atoms with Gasteiger partial charge in [-0.15, -0.1) is 0 Å². The predicted molar refractivity (Wildman–Crippen MR) is 49.5 cm³/mol. The molecule has 0 bridgehead atoms. The van der Waals surface area contributed by atoms with E-state index in [0.717, 1.165) is 0 Å². The quantitative estimate of drug-likeness (QED) is 0.403. The van der Waals surface area contributed by atoms with Gasteiger partial charge in [0.2, 0.25) is 0 Å². The molecule has 1 rings (SSSR count). The molecule has 0 aliphatic carbocycles. The summed E-state index contributed by atoms with van der Waals surface area (Å²) in [6, 6.07) is 0.769. The van der Waals surface area contributed by atoms with Crippen molar-refractivity contribution in [3.63, 3.8) is 0 Å². The third-order valence-corrected chi connectivity index (χ3v) is 1.64. The average molecular weight is 354 g/mol. The van der Waals surface area contributed by atoms with Gasteiger partial charge in [-0.1, -0.05) is 0 Å². The minimum absolute atomic E-state index is 0. The molecule has 11 nitrogen and oxygen atoms in total. The number of non-ortho nitro benzene ring substituents is 1. The molecule has 0 aromatic heterocycles. The van der Waals surface area contributed by atoms with Crippen molar-refractivity contribution < 1.29 is 47.7 Å². The summed E-state index contributed by atoms with van der Waals surface area (Å²) in [5, 5.41) is 42.1. The predicted octanol–water partition coefficient (Wildman–Crippen LogP) is -0.342. The summed E-state index contributed by atoms with van der Waals surface area (Å²) in [5.74, 6) is -1.46. The number of hydrogen-bond acceptors (Lipinski definition) is 7. The maximum atomic E-state index is 11.1. The van der Waals surface area contributed by atoms with Crippen molar-refractivity contribution in [2.24, 2.45) is 0 Å². The van der Waals surface area contributed by atoms with Crippen molar-refractivity contribution >= 4 is 17.1 Å². The van der Waals surface area contributed by atoms with Crippen LogP contribution in [0.15, 0.2) is 12.1 Å². The third-order valence-electron chi connectivity index (χ3n) is 1.64. The fourth-order valence-electron chi connectivity index (χ4n) is 0.961. The van der Waals surface area contributed by atoms with Crippen LogP contribution < -0.4 is 5.11 Å². The standard InChI is InChI=1S/C6H3N3O7.Ag.H2O/c10-6-4(8(13)14)1-3(7(11)12)2-5(6)9(15)16;;/h1-2,10H;;1H2/q;+1;/p-1. The van der Waals surface area contributed by atoms with Gasteiger partial charge in [0.05, 0.1) is 32.7 Å². The van der Waals surface area contributed by atoms with Gasteiger partial charge in [0, 0.05) is 0 Å². The second-order valence-electron chi connectivity index (χ2n) is 2.58. The van der Waals surface area contributed by atoms with Crippen LogP contribution in [0.25, 0.3) is 0 Å². The van der Waals surface area contributed by atoms with Gasteiger partial charge in [-0.25, -0.2) is 0 Å². The number of rotatable bonds is 3. The zero-order valence-corrected chi connectivity index (χ0v) is 9.64. The Morgan fingerprint density at radius 1 is 0.833 bits per heavy atom. The molecule has 1 aromatic carbocycles. The number of nitro benzene ring substituents is 3. The molecule has 0 aliphatic heterocycles. The molecule has 0 aliphatic rings. The summed E-state index contributed by atoms with van der Waals surface area (Å²) >= 11 is 0. The summed E-state index contributed by atoms with van der Waals surface area (Å²) in [7, 11) is 0. The van der Waals surface area contributed by atoms with E-state index < -0.39 is 37.6 Å². The number of benzene rings is 1. The van der Waals surface area contributed by atoms with E-state index in [-0.39, 0.29) is 27.9 Å². The van der Waals surface area contributed by atoms with Crippen molar-refractivity contribution in [3.8, 4) is 5.75 Å². The van der Waals surface area contributed by atoms with E-state index in [9.17, 15) is 35.4 Å². The van der Waals surface area contributed by atoms with Crippen LogP contribution in [0.3, 0.4) is 0 Å². The van der Waals surface area contributed by atoms with Crippen molar-refractivity contribution in [2.75, 3.05) is 0 Å². The van der Waals surface area contributed by atoms with E-state index in [1.165, 1.54) is 0 Å². The zero-order chi connectivity index (χ0) is 12.5. The van der Waals surface area contributed by atoms with Gasteiger partial charge in [0.1, 0.15) is 0 Å². The first-order valence-electron chi connectivity index (χ1n) is 3.63. The molecule has 18 heavy (non-hydrogen) atoms. The first-order chi connectivity index (χ1) is 7.34. The van der Waals surface area contributed by atoms with Crippen LogP contribution in [0.5, 0.6) is 5.75 Å². The van der Waals surface area contributed by atoms with E-state index in [0.29, 0.717) is 12.1 Å². The van der Waals surface area contributed by atoms with E-state index in [4.69, 9.17) is 0 Å². The van der Waals surface area contributed by atoms with Crippen LogP contribution >= 0.6 is 0 Å². The molecule has 0 amide bonds.